The SMILES string of the molecule is CCC(C)N(CCOC)c1cc(Cl)ccc1CCl. The maximum absolute atomic E-state index is 6.10. The Morgan fingerprint density at radius 1 is 1.39 bits per heavy atom. The Kier molecular flexibility index (Phi) is 6.83. The molecule has 0 aromatic heterocycles. The van der Waals surface area contributed by atoms with E-state index in [1.807, 2.05) is 18.2 Å². The molecule has 0 saturated heterocycles. The molecule has 0 saturated carbocycles. The highest BCUT2D eigenvalue weighted by atomic mass is 35.5. The van der Waals surface area contributed by atoms with Crippen LogP contribution in [0.1, 0.15) is 25.8 Å². The van der Waals surface area contributed by atoms with E-state index in [9.17, 15) is 0 Å². The van der Waals surface area contributed by atoms with Crippen LogP contribution in [0.25, 0.3) is 0 Å². The third-order valence-corrected chi connectivity index (χ3v) is 3.68. The Hall–Kier alpha value is -0.440. The number of nitrogens with zero attached hydrogens (tertiary/aromatic N) is 1. The van der Waals surface area contributed by atoms with Crippen LogP contribution in [0.5, 0.6) is 0 Å². The summed E-state index contributed by atoms with van der Waals surface area (Å²) in [6.07, 6.45) is 1.07. The second kappa shape index (κ2) is 7.88. The minimum Gasteiger partial charge on any atom is -0.383 e. The third-order valence-electron chi connectivity index (χ3n) is 3.16. The third kappa shape index (κ3) is 4.04. The van der Waals surface area contributed by atoms with Gasteiger partial charge >= 0.3 is 0 Å². The summed E-state index contributed by atoms with van der Waals surface area (Å²) in [5, 5.41) is 0.740. The molecule has 0 bridgehead atoms. The molecule has 0 spiro atoms. The first-order chi connectivity index (χ1) is 8.63. The summed E-state index contributed by atoms with van der Waals surface area (Å²) in [7, 11) is 1.72. The summed E-state index contributed by atoms with van der Waals surface area (Å²) in [6, 6.07) is 6.29. The van der Waals surface area contributed by atoms with Crippen LogP contribution in [0.15, 0.2) is 18.2 Å². The molecule has 0 fully saturated rings. The zero-order valence-electron chi connectivity index (χ0n) is 11.2. The second-order valence-corrected chi connectivity index (χ2v) is 5.05. The van der Waals surface area contributed by atoms with Crippen molar-refractivity contribution in [3.05, 3.63) is 28.8 Å². The predicted octanol–water partition coefficient (Wildman–Crippen LogP) is 4.33. The number of anilines is 1. The number of rotatable bonds is 7. The first kappa shape index (κ1) is 15.6. The van der Waals surface area contributed by atoms with Crippen LogP contribution in [0.2, 0.25) is 5.02 Å². The molecule has 2 nitrogen and oxygen atoms in total. The molecule has 1 rings (SSSR count). The maximum Gasteiger partial charge on any atom is 0.0637 e. The van der Waals surface area contributed by atoms with Gasteiger partial charge in [-0.3, -0.25) is 0 Å². The van der Waals surface area contributed by atoms with Crippen molar-refractivity contribution in [2.24, 2.45) is 0 Å². The van der Waals surface area contributed by atoms with Crippen LogP contribution < -0.4 is 4.90 Å². The standard InChI is InChI=1S/C14H21Cl2NO/c1-4-11(2)17(7-8-18-3)14-9-13(16)6-5-12(14)10-15/h5-6,9,11H,4,7-8,10H2,1-3H3. The van der Waals surface area contributed by atoms with E-state index >= 15 is 0 Å². The minimum absolute atomic E-state index is 0.431. The van der Waals surface area contributed by atoms with Gasteiger partial charge in [0.1, 0.15) is 0 Å². The molecule has 1 unspecified atom stereocenters. The number of benzene rings is 1. The van der Waals surface area contributed by atoms with Crippen molar-refractivity contribution in [2.45, 2.75) is 32.2 Å². The van der Waals surface area contributed by atoms with Gasteiger partial charge in [-0.1, -0.05) is 24.6 Å². The van der Waals surface area contributed by atoms with Gasteiger partial charge in [0.15, 0.2) is 0 Å². The van der Waals surface area contributed by atoms with Crippen molar-refractivity contribution in [1.29, 1.82) is 0 Å². The molecule has 0 N–H and O–H groups in total. The van der Waals surface area contributed by atoms with Crippen LogP contribution in [0.3, 0.4) is 0 Å². The van der Waals surface area contributed by atoms with Crippen molar-refractivity contribution < 1.29 is 4.74 Å². The molecule has 0 aliphatic carbocycles. The van der Waals surface area contributed by atoms with Crippen LogP contribution in [0.4, 0.5) is 5.69 Å². The molecule has 0 heterocycles. The molecule has 0 aliphatic heterocycles. The van der Waals surface area contributed by atoms with Crippen molar-refractivity contribution in [2.75, 3.05) is 25.2 Å². The van der Waals surface area contributed by atoms with Crippen molar-refractivity contribution >= 4 is 28.9 Å². The zero-order valence-corrected chi connectivity index (χ0v) is 12.8. The first-order valence-corrected chi connectivity index (χ1v) is 7.15. The average Bonchev–Trinajstić information content (AvgIpc) is 2.39. The van der Waals surface area contributed by atoms with Crippen LogP contribution in [-0.2, 0) is 10.6 Å². The number of ether oxygens (including phenoxy) is 1. The van der Waals surface area contributed by atoms with Gasteiger partial charge in [-0.05, 0) is 31.0 Å². The van der Waals surface area contributed by atoms with Crippen molar-refractivity contribution in [3.63, 3.8) is 0 Å². The van der Waals surface area contributed by atoms with E-state index in [0.29, 0.717) is 18.5 Å². The lowest BCUT2D eigenvalue weighted by Crippen LogP contribution is -2.36. The summed E-state index contributed by atoms with van der Waals surface area (Å²) in [5.74, 6) is 0.492. The molecule has 18 heavy (non-hydrogen) atoms. The largest absolute Gasteiger partial charge is 0.383 e. The van der Waals surface area contributed by atoms with Crippen molar-refractivity contribution in [3.8, 4) is 0 Å². The number of halogens is 2. The molecule has 0 radical (unpaired) electrons. The number of methoxy groups -OCH3 is 1. The lowest BCUT2D eigenvalue weighted by molar-refractivity contribution is 0.203. The summed E-state index contributed by atoms with van der Waals surface area (Å²) in [6.45, 7) is 5.91. The highest BCUT2D eigenvalue weighted by molar-refractivity contribution is 6.31. The summed E-state index contributed by atoms with van der Waals surface area (Å²) >= 11 is 12.1. The monoisotopic (exact) mass is 289 g/mol. The van der Waals surface area contributed by atoms with E-state index in [1.54, 1.807) is 7.11 Å². The van der Waals surface area contributed by atoms with Crippen LogP contribution >= 0.6 is 23.2 Å². The van der Waals surface area contributed by atoms with Crippen LogP contribution in [-0.4, -0.2) is 26.3 Å². The lowest BCUT2D eigenvalue weighted by atomic mass is 10.1. The summed E-state index contributed by atoms with van der Waals surface area (Å²) in [4.78, 5) is 2.31. The summed E-state index contributed by atoms with van der Waals surface area (Å²) in [5.41, 5.74) is 2.22. The fourth-order valence-electron chi connectivity index (χ4n) is 1.91. The summed E-state index contributed by atoms with van der Waals surface area (Å²) < 4.78 is 5.18. The van der Waals surface area contributed by atoms with E-state index < -0.39 is 0 Å². The van der Waals surface area contributed by atoms with Gasteiger partial charge in [0.2, 0.25) is 0 Å². The molecular weight excluding hydrogens is 269 g/mol. The van der Waals surface area contributed by atoms with E-state index in [2.05, 4.69) is 18.7 Å². The number of hydrogen-bond donors (Lipinski definition) is 0. The smallest absolute Gasteiger partial charge is 0.0637 e. The fourth-order valence-corrected chi connectivity index (χ4v) is 2.30. The van der Waals surface area contributed by atoms with Gasteiger partial charge < -0.3 is 9.64 Å². The van der Waals surface area contributed by atoms with Gasteiger partial charge in [0.05, 0.1) is 6.61 Å². The molecular formula is C14H21Cl2NO. The Balaban J connectivity index is 3.05. The molecule has 1 aromatic rings. The van der Waals surface area contributed by atoms with Gasteiger partial charge in [0, 0.05) is 36.3 Å². The van der Waals surface area contributed by atoms with Crippen LogP contribution in [0, 0.1) is 0 Å². The molecule has 0 aliphatic rings. The van der Waals surface area contributed by atoms with Gasteiger partial charge in [-0.15, -0.1) is 11.6 Å². The Bertz CT molecular complexity index is 371. The first-order valence-electron chi connectivity index (χ1n) is 6.24. The molecule has 1 atom stereocenters. The second-order valence-electron chi connectivity index (χ2n) is 4.35. The average molecular weight is 290 g/mol. The Morgan fingerprint density at radius 2 is 2.11 bits per heavy atom. The lowest BCUT2D eigenvalue weighted by Gasteiger charge is -2.32. The molecule has 0 amide bonds. The Labute approximate surface area is 120 Å². The number of hydrogen-bond acceptors (Lipinski definition) is 2. The topological polar surface area (TPSA) is 12.5 Å². The van der Waals surface area contributed by atoms with Crippen molar-refractivity contribution in [1.82, 2.24) is 0 Å². The fraction of sp³-hybridized carbons (Fsp3) is 0.571. The minimum atomic E-state index is 0.431. The quantitative estimate of drug-likeness (QED) is 0.693. The van der Waals surface area contributed by atoms with E-state index in [4.69, 9.17) is 27.9 Å². The van der Waals surface area contributed by atoms with E-state index in [-0.39, 0.29) is 0 Å². The highest BCUT2D eigenvalue weighted by Crippen LogP contribution is 2.28. The van der Waals surface area contributed by atoms with E-state index in [0.717, 1.165) is 29.2 Å². The predicted molar refractivity (Wildman–Crippen MR) is 80.0 cm³/mol. The van der Waals surface area contributed by atoms with E-state index in [1.165, 1.54) is 0 Å². The molecule has 102 valence electrons. The Morgan fingerprint density at radius 3 is 2.67 bits per heavy atom. The van der Waals surface area contributed by atoms with Gasteiger partial charge in [0.25, 0.3) is 0 Å². The normalized spacial score (nSPS) is 12.5. The molecule has 1 aromatic carbocycles. The van der Waals surface area contributed by atoms with Gasteiger partial charge in [-0.25, -0.2) is 0 Å². The number of alkyl halides is 1. The van der Waals surface area contributed by atoms with Gasteiger partial charge in [-0.2, -0.15) is 0 Å². The zero-order chi connectivity index (χ0) is 13.5. The maximum atomic E-state index is 6.10. The molecule has 4 heteroatoms. The highest BCUT2D eigenvalue weighted by Gasteiger charge is 2.16.